The van der Waals surface area contributed by atoms with E-state index in [1.807, 2.05) is 43.5 Å². The molecule has 1 aliphatic heterocycles. The van der Waals surface area contributed by atoms with Crippen LogP contribution in [0.3, 0.4) is 0 Å². The number of anilines is 2. The van der Waals surface area contributed by atoms with Gasteiger partial charge in [0.15, 0.2) is 0 Å². The van der Waals surface area contributed by atoms with Crippen LogP contribution in [0.4, 0.5) is 15.8 Å². The van der Waals surface area contributed by atoms with Crippen LogP contribution in [0.15, 0.2) is 54.7 Å². The third kappa shape index (κ3) is 5.68. The predicted octanol–water partition coefficient (Wildman–Crippen LogP) is 5.13. The molecule has 1 aromatic heterocycles. The Hall–Kier alpha value is -3.45. The number of nitrogens with zero attached hydrogens (tertiary/aromatic N) is 3. The molecule has 0 spiro atoms. The molecule has 1 saturated heterocycles. The van der Waals surface area contributed by atoms with Gasteiger partial charge >= 0.3 is 0 Å². The predicted molar refractivity (Wildman–Crippen MR) is 143 cm³/mol. The lowest BCUT2D eigenvalue weighted by Crippen LogP contribution is -2.48. The highest BCUT2D eigenvalue weighted by atomic mass is 19.1. The highest BCUT2D eigenvalue weighted by molar-refractivity contribution is 6.47. The minimum atomic E-state index is -0.865. The maximum absolute atomic E-state index is 15.0. The number of halogens is 1. The van der Waals surface area contributed by atoms with Crippen molar-refractivity contribution in [1.29, 1.82) is 0 Å². The molecule has 1 amide bonds. The van der Waals surface area contributed by atoms with Crippen LogP contribution >= 0.6 is 0 Å². The van der Waals surface area contributed by atoms with Crippen LogP contribution in [-0.2, 0) is 11.8 Å². The van der Waals surface area contributed by atoms with E-state index in [2.05, 4.69) is 35.9 Å². The Balaban J connectivity index is 1.46. The fourth-order valence-corrected chi connectivity index (χ4v) is 4.95. The molecule has 0 unspecified atom stereocenters. The van der Waals surface area contributed by atoms with E-state index in [0.717, 1.165) is 49.5 Å². The highest BCUT2D eigenvalue weighted by Crippen LogP contribution is 2.30. The molecule has 1 fully saturated rings. The number of aromatic nitrogens is 1. The molecule has 1 aliphatic rings. The second-order valence-corrected chi connectivity index (χ2v) is 10.8. The summed E-state index contributed by atoms with van der Waals surface area (Å²) in [5.41, 5.74) is 3.74. The summed E-state index contributed by atoms with van der Waals surface area (Å²) in [6, 6.07) is 14.2. The molecule has 0 bridgehead atoms. The van der Waals surface area contributed by atoms with Gasteiger partial charge < -0.3 is 14.8 Å². The Morgan fingerprint density at radius 1 is 1.00 bits per heavy atom. The second-order valence-electron chi connectivity index (χ2n) is 10.8. The normalized spacial score (nSPS) is 14.7. The maximum Gasteiger partial charge on any atom is 0.298 e. The average Bonchev–Trinajstić information content (AvgIpc) is 3.13. The number of carbonyl (C=O) groups is 2. The lowest BCUT2D eigenvalue weighted by atomic mass is 9.96. The Labute approximate surface area is 212 Å². The van der Waals surface area contributed by atoms with Crippen molar-refractivity contribution in [3.63, 3.8) is 0 Å². The number of hydrogen-bond acceptors (Lipinski definition) is 4. The second kappa shape index (κ2) is 10.3. The lowest BCUT2D eigenvalue weighted by molar-refractivity contribution is -0.112. The van der Waals surface area contributed by atoms with Crippen LogP contribution in [0.2, 0.25) is 0 Å². The minimum Gasteiger partial charge on any atom is -0.369 e. The Bertz CT molecular complexity index is 1250. The first kappa shape index (κ1) is 25.6. The number of benzene rings is 2. The first-order valence-corrected chi connectivity index (χ1v) is 12.4. The number of nitrogens with one attached hydrogen (secondary N) is 1. The molecule has 0 aliphatic carbocycles. The zero-order valence-corrected chi connectivity index (χ0v) is 21.8. The molecule has 6 nitrogen and oxygen atoms in total. The number of Topliss-reactive ketones (excluding diaryl/α,β-unsaturated/α-hetero) is 1. The van der Waals surface area contributed by atoms with E-state index >= 15 is 0 Å². The average molecular weight is 491 g/mol. The summed E-state index contributed by atoms with van der Waals surface area (Å²) in [7, 11) is 1.73. The van der Waals surface area contributed by atoms with Crippen molar-refractivity contribution in [3.8, 4) is 11.1 Å². The van der Waals surface area contributed by atoms with Gasteiger partial charge in [0, 0.05) is 57.2 Å². The van der Waals surface area contributed by atoms with Crippen molar-refractivity contribution in [3.05, 3.63) is 71.8 Å². The van der Waals surface area contributed by atoms with Gasteiger partial charge in [0.25, 0.3) is 11.7 Å². The van der Waals surface area contributed by atoms with Crippen LogP contribution in [0.25, 0.3) is 11.1 Å². The summed E-state index contributed by atoms with van der Waals surface area (Å²) in [6.45, 7) is 13.1. The highest BCUT2D eigenvalue weighted by Gasteiger charge is 2.27. The van der Waals surface area contributed by atoms with E-state index in [4.69, 9.17) is 0 Å². The van der Waals surface area contributed by atoms with E-state index in [-0.39, 0.29) is 16.8 Å². The molecule has 0 saturated carbocycles. The van der Waals surface area contributed by atoms with Crippen LogP contribution < -0.4 is 10.2 Å². The van der Waals surface area contributed by atoms with Gasteiger partial charge in [0.1, 0.15) is 11.5 Å². The topological polar surface area (TPSA) is 57.6 Å². The van der Waals surface area contributed by atoms with Crippen LogP contribution in [0.1, 0.15) is 36.8 Å². The van der Waals surface area contributed by atoms with Crippen molar-refractivity contribution in [1.82, 2.24) is 9.47 Å². The molecule has 1 N–H and O–H groups in total. The molecule has 0 radical (unpaired) electrons. The summed E-state index contributed by atoms with van der Waals surface area (Å²) < 4.78 is 16.6. The molecule has 36 heavy (non-hydrogen) atoms. The molecule has 4 rings (SSSR count). The van der Waals surface area contributed by atoms with Crippen molar-refractivity contribution in [2.75, 3.05) is 42.9 Å². The third-order valence-electron chi connectivity index (χ3n) is 6.49. The number of ketones is 1. The van der Waals surface area contributed by atoms with Crippen molar-refractivity contribution < 1.29 is 14.0 Å². The van der Waals surface area contributed by atoms with Gasteiger partial charge in [0.05, 0.1) is 5.69 Å². The zero-order chi connectivity index (χ0) is 26.0. The molecule has 190 valence electrons. The van der Waals surface area contributed by atoms with E-state index < -0.39 is 17.5 Å². The first-order chi connectivity index (χ1) is 17.0. The third-order valence-corrected chi connectivity index (χ3v) is 6.49. The van der Waals surface area contributed by atoms with Gasteiger partial charge in [-0.25, -0.2) is 4.39 Å². The van der Waals surface area contributed by atoms with E-state index in [0.29, 0.717) is 5.56 Å². The number of piperazine rings is 1. The fraction of sp³-hybridized carbons (Fsp3) is 0.379. The summed E-state index contributed by atoms with van der Waals surface area (Å²) in [6.07, 6.45) is 1.82. The summed E-state index contributed by atoms with van der Waals surface area (Å²) in [5, 5.41) is 2.48. The number of rotatable bonds is 6. The van der Waals surface area contributed by atoms with Gasteiger partial charge in [-0.05, 0) is 41.7 Å². The smallest absolute Gasteiger partial charge is 0.298 e. The van der Waals surface area contributed by atoms with Crippen LogP contribution in [-0.4, -0.2) is 53.9 Å². The van der Waals surface area contributed by atoms with E-state index in [9.17, 15) is 14.0 Å². The van der Waals surface area contributed by atoms with Crippen molar-refractivity contribution in [2.24, 2.45) is 12.5 Å². The number of aryl methyl sites for hydroxylation is 2. The van der Waals surface area contributed by atoms with Crippen molar-refractivity contribution >= 4 is 23.1 Å². The van der Waals surface area contributed by atoms with Gasteiger partial charge in [-0.2, -0.15) is 0 Å². The maximum atomic E-state index is 15.0. The van der Waals surface area contributed by atoms with Gasteiger partial charge in [-0.15, -0.1) is 0 Å². The van der Waals surface area contributed by atoms with E-state index in [1.54, 1.807) is 17.7 Å². The van der Waals surface area contributed by atoms with Crippen LogP contribution in [0.5, 0.6) is 0 Å². The SMILES string of the molecule is Cc1cn(C)c(C(=O)C(=O)Nc2ccc(N3CCN(CC(C)(C)C)CC3)cc2F)c1-c1ccccc1. The quantitative estimate of drug-likeness (QED) is 0.385. The Morgan fingerprint density at radius 2 is 1.67 bits per heavy atom. The molecule has 0 atom stereocenters. The monoisotopic (exact) mass is 490 g/mol. The zero-order valence-electron chi connectivity index (χ0n) is 21.8. The van der Waals surface area contributed by atoms with Crippen LogP contribution in [0, 0.1) is 18.2 Å². The minimum absolute atomic E-state index is 0.00402. The number of carbonyl (C=O) groups excluding carboxylic acids is 2. The fourth-order valence-electron chi connectivity index (χ4n) is 4.95. The largest absolute Gasteiger partial charge is 0.369 e. The Morgan fingerprint density at radius 3 is 2.28 bits per heavy atom. The summed E-state index contributed by atoms with van der Waals surface area (Å²) in [5.74, 6) is -2.13. The standard InChI is InChI=1S/C29H35FN4O2/c1-20-18-32(5)26(25(20)21-9-7-6-8-10-21)27(35)28(36)31-24-12-11-22(17-23(24)30)34-15-13-33(14-16-34)19-29(2,3)4/h6-12,17-18H,13-16,19H2,1-5H3,(H,31,36). The molecule has 2 heterocycles. The van der Waals surface area contributed by atoms with Crippen molar-refractivity contribution in [2.45, 2.75) is 27.7 Å². The molecule has 7 heteroatoms. The molecular formula is C29H35FN4O2. The Kier molecular flexibility index (Phi) is 7.31. The molecule has 3 aromatic rings. The van der Waals surface area contributed by atoms with Gasteiger partial charge in [-0.3, -0.25) is 14.5 Å². The first-order valence-electron chi connectivity index (χ1n) is 12.4. The number of hydrogen-bond donors (Lipinski definition) is 1. The number of amides is 1. The summed E-state index contributed by atoms with van der Waals surface area (Å²) >= 11 is 0. The van der Waals surface area contributed by atoms with Gasteiger partial charge in [0.2, 0.25) is 0 Å². The van der Waals surface area contributed by atoms with E-state index in [1.165, 1.54) is 12.1 Å². The summed E-state index contributed by atoms with van der Waals surface area (Å²) in [4.78, 5) is 30.6. The molecule has 2 aromatic carbocycles. The molecular weight excluding hydrogens is 455 g/mol. The lowest BCUT2D eigenvalue weighted by Gasteiger charge is -2.38. The van der Waals surface area contributed by atoms with Gasteiger partial charge in [-0.1, -0.05) is 51.1 Å².